The van der Waals surface area contributed by atoms with E-state index in [-0.39, 0.29) is 0 Å². The highest BCUT2D eigenvalue weighted by molar-refractivity contribution is 6.24. The second kappa shape index (κ2) is 12.6. The van der Waals surface area contributed by atoms with E-state index in [0.717, 1.165) is 77.5 Å². The number of rotatable bonds is 6. The maximum Gasteiger partial charge on any atom is 0.137 e. The van der Waals surface area contributed by atoms with E-state index in [2.05, 4.69) is 193 Å². The van der Waals surface area contributed by atoms with Gasteiger partial charge in [0.15, 0.2) is 0 Å². The van der Waals surface area contributed by atoms with Gasteiger partial charge in [0.05, 0.1) is 0 Å². The van der Waals surface area contributed by atoms with E-state index >= 15 is 0 Å². The van der Waals surface area contributed by atoms with Crippen LogP contribution in [0.2, 0.25) is 0 Å². The molecule has 0 atom stereocenters. The molecule has 0 bridgehead atoms. The standard InChI is InChI=1S/C52H33NO2/c1-3-12-34(13-4-1)36-22-26-38(27-23-36)53(39-28-24-37(25-29-39)35-14-5-2-6-15-35)40-30-31-45-49(32-40)55-50-33-46(41-16-7-8-17-42(41)52(45)50)43-19-11-21-48-51(43)44-18-9-10-20-47(44)54-48/h1-33H. The molecule has 11 aromatic rings. The van der Waals surface area contributed by atoms with Crippen LogP contribution in [-0.4, -0.2) is 0 Å². The normalized spacial score (nSPS) is 11.6. The molecule has 55 heavy (non-hydrogen) atoms. The number of nitrogens with zero attached hydrogens (tertiary/aromatic N) is 1. The van der Waals surface area contributed by atoms with E-state index in [1.165, 1.54) is 27.6 Å². The van der Waals surface area contributed by atoms with E-state index in [1.54, 1.807) is 0 Å². The summed E-state index contributed by atoms with van der Waals surface area (Å²) in [5.74, 6) is 0. The summed E-state index contributed by atoms with van der Waals surface area (Å²) >= 11 is 0. The van der Waals surface area contributed by atoms with E-state index < -0.39 is 0 Å². The van der Waals surface area contributed by atoms with Crippen LogP contribution in [-0.2, 0) is 0 Å². The first-order valence-corrected chi connectivity index (χ1v) is 18.7. The molecule has 0 spiro atoms. The Labute approximate surface area is 317 Å². The molecule has 2 aromatic heterocycles. The molecule has 9 aromatic carbocycles. The molecular formula is C52H33NO2. The zero-order chi connectivity index (χ0) is 36.3. The highest BCUT2D eigenvalue weighted by atomic mass is 16.3. The Balaban J connectivity index is 1.08. The lowest BCUT2D eigenvalue weighted by molar-refractivity contribution is 0.668. The molecule has 0 fully saturated rings. The minimum absolute atomic E-state index is 0.841. The molecule has 3 nitrogen and oxygen atoms in total. The van der Waals surface area contributed by atoms with Gasteiger partial charge < -0.3 is 13.7 Å². The number of fused-ring (bicyclic) bond motifs is 8. The third-order valence-electron chi connectivity index (χ3n) is 10.9. The average Bonchev–Trinajstić information content (AvgIpc) is 3.83. The summed E-state index contributed by atoms with van der Waals surface area (Å²) in [7, 11) is 0. The van der Waals surface area contributed by atoms with Gasteiger partial charge in [-0.2, -0.15) is 0 Å². The predicted octanol–water partition coefficient (Wildman–Crippen LogP) is 15.1. The zero-order valence-electron chi connectivity index (χ0n) is 29.8. The van der Waals surface area contributed by atoms with Crippen molar-refractivity contribution >= 4 is 71.7 Å². The molecule has 3 heteroatoms. The van der Waals surface area contributed by atoms with E-state index in [9.17, 15) is 0 Å². The highest BCUT2D eigenvalue weighted by Gasteiger charge is 2.20. The molecule has 2 heterocycles. The van der Waals surface area contributed by atoms with Crippen molar-refractivity contribution in [1.82, 2.24) is 0 Å². The minimum atomic E-state index is 0.841. The fraction of sp³-hybridized carbons (Fsp3) is 0. The van der Waals surface area contributed by atoms with Crippen molar-refractivity contribution < 1.29 is 8.83 Å². The second-order valence-corrected chi connectivity index (χ2v) is 14.1. The van der Waals surface area contributed by atoms with Gasteiger partial charge in [-0.15, -0.1) is 0 Å². The van der Waals surface area contributed by atoms with Crippen molar-refractivity contribution in [3.8, 4) is 33.4 Å². The number of furan rings is 2. The van der Waals surface area contributed by atoms with E-state index in [0.29, 0.717) is 0 Å². The molecule has 0 amide bonds. The molecule has 0 aliphatic carbocycles. The molecular weight excluding hydrogens is 671 g/mol. The van der Waals surface area contributed by atoms with Gasteiger partial charge in [-0.05, 0) is 98.8 Å². The Hall–Kier alpha value is -7.36. The highest BCUT2D eigenvalue weighted by Crippen LogP contribution is 2.45. The summed E-state index contributed by atoms with van der Waals surface area (Å²) in [5.41, 5.74) is 13.6. The summed E-state index contributed by atoms with van der Waals surface area (Å²) in [5, 5.41) is 6.78. The lowest BCUT2D eigenvalue weighted by Gasteiger charge is -2.26. The van der Waals surface area contributed by atoms with Crippen molar-refractivity contribution in [2.45, 2.75) is 0 Å². The lowest BCUT2D eigenvalue weighted by Crippen LogP contribution is -2.09. The van der Waals surface area contributed by atoms with Crippen LogP contribution in [0.1, 0.15) is 0 Å². The Morgan fingerprint density at radius 1 is 0.273 bits per heavy atom. The van der Waals surface area contributed by atoms with Gasteiger partial charge in [0, 0.05) is 44.7 Å². The third-order valence-corrected chi connectivity index (χ3v) is 10.9. The van der Waals surface area contributed by atoms with Crippen LogP contribution in [0, 0.1) is 0 Å². The summed E-state index contributed by atoms with van der Waals surface area (Å²) in [6.07, 6.45) is 0. The van der Waals surface area contributed by atoms with Crippen molar-refractivity contribution in [2.24, 2.45) is 0 Å². The van der Waals surface area contributed by atoms with Crippen LogP contribution in [0.3, 0.4) is 0 Å². The van der Waals surface area contributed by atoms with Gasteiger partial charge >= 0.3 is 0 Å². The van der Waals surface area contributed by atoms with Gasteiger partial charge in [-0.25, -0.2) is 0 Å². The third kappa shape index (κ3) is 5.20. The number of hydrogen-bond acceptors (Lipinski definition) is 3. The van der Waals surface area contributed by atoms with Crippen LogP contribution in [0.4, 0.5) is 17.1 Å². The molecule has 0 saturated heterocycles. The summed E-state index contributed by atoms with van der Waals surface area (Å²) in [6.45, 7) is 0. The van der Waals surface area contributed by atoms with Gasteiger partial charge in [-0.1, -0.05) is 140 Å². The molecule has 11 rings (SSSR count). The first-order chi connectivity index (χ1) is 27.3. The van der Waals surface area contributed by atoms with Crippen molar-refractivity contribution in [2.75, 3.05) is 4.90 Å². The molecule has 0 aliphatic rings. The summed E-state index contributed by atoms with van der Waals surface area (Å²) in [4.78, 5) is 2.31. The number of para-hydroxylation sites is 1. The number of hydrogen-bond donors (Lipinski definition) is 0. The van der Waals surface area contributed by atoms with Gasteiger partial charge in [-0.3, -0.25) is 0 Å². The van der Waals surface area contributed by atoms with Crippen LogP contribution in [0.25, 0.3) is 88.0 Å². The van der Waals surface area contributed by atoms with Crippen molar-refractivity contribution in [3.63, 3.8) is 0 Å². The Kier molecular flexibility index (Phi) is 7.17. The molecule has 0 radical (unpaired) electrons. The first-order valence-electron chi connectivity index (χ1n) is 18.7. The zero-order valence-corrected chi connectivity index (χ0v) is 29.8. The van der Waals surface area contributed by atoms with Crippen LogP contribution < -0.4 is 4.90 Å². The molecule has 0 aliphatic heterocycles. The van der Waals surface area contributed by atoms with Gasteiger partial charge in [0.25, 0.3) is 0 Å². The second-order valence-electron chi connectivity index (χ2n) is 14.1. The molecule has 0 unspecified atom stereocenters. The molecule has 0 N–H and O–H groups in total. The predicted molar refractivity (Wildman–Crippen MR) is 229 cm³/mol. The van der Waals surface area contributed by atoms with Crippen LogP contribution in [0.5, 0.6) is 0 Å². The Morgan fingerprint density at radius 2 is 0.782 bits per heavy atom. The number of anilines is 3. The summed E-state index contributed by atoms with van der Waals surface area (Å²) in [6, 6.07) is 70.8. The SMILES string of the molecule is c1ccc(-c2ccc(N(c3ccc(-c4ccccc4)cc3)c3ccc4c(c3)oc3cc(-c5cccc6oc7ccccc7c56)c5ccccc5c34)cc2)cc1. The smallest absolute Gasteiger partial charge is 0.137 e. The molecule has 258 valence electrons. The quantitative estimate of drug-likeness (QED) is 0.173. The summed E-state index contributed by atoms with van der Waals surface area (Å²) < 4.78 is 13.2. The Morgan fingerprint density at radius 3 is 1.45 bits per heavy atom. The maximum atomic E-state index is 6.87. The van der Waals surface area contributed by atoms with Crippen molar-refractivity contribution in [1.29, 1.82) is 0 Å². The van der Waals surface area contributed by atoms with Crippen LogP contribution >= 0.6 is 0 Å². The topological polar surface area (TPSA) is 29.5 Å². The average molecular weight is 704 g/mol. The molecule has 0 saturated carbocycles. The van der Waals surface area contributed by atoms with Gasteiger partial charge in [0.2, 0.25) is 0 Å². The van der Waals surface area contributed by atoms with Gasteiger partial charge in [0.1, 0.15) is 22.3 Å². The van der Waals surface area contributed by atoms with Crippen LogP contribution in [0.15, 0.2) is 209 Å². The first kappa shape index (κ1) is 31.2. The van der Waals surface area contributed by atoms with E-state index in [1.807, 2.05) is 12.1 Å². The number of benzene rings is 9. The van der Waals surface area contributed by atoms with Crippen molar-refractivity contribution in [3.05, 3.63) is 200 Å². The minimum Gasteiger partial charge on any atom is -0.456 e. The fourth-order valence-corrected chi connectivity index (χ4v) is 8.30. The monoisotopic (exact) mass is 703 g/mol. The fourth-order valence-electron chi connectivity index (χ4n) is 8.30. The van der Waals surface area contributed by atoms with E-state index in [4.69, 9.17) is 8.83 Å². The Bertz CT molecular complexity index is 3090. The largest absolute Gasteiger partial charge is 0.456 e. The maximum absolute atomic E-state index is 6.87. The lowest BCUT2D eigenvalue weighted by atomic mass is 9.92.